The normalized spacial score (nSPS) is 10.4. The predicted octanol–water partition coefficient (Wildman–Crippen LogP) is 3.66. The molecule has 0 bridgehead atoms. The highest BCUT2D eigenvalue weighted by atomic mass is 16.5. The fourth-order valence-electron chi connectivity index (χ4n) is 2.54. The highest BCUT2D eigenvalue weighted by molar-refractivity contribution is 5.78. The first-order valence-electron chi connectivity index (χ1n) is 8.00. The van der Waals surface area contributed by atoms with E-state index < -0.39 is 0 Å². The molecule has 0 aliphatic heterocycles. The summed E-state index contributed by atoms with van der Waals surface area (Å²) in [7, 11) is 0. The van der Waals surface area contributed by atoms with E-state index in [0.29, 0.717) is 19.6 Å². The van der Waals surface area contributed by atoms with Crippen molar-refractivity contribution in [2.24, 2.45) is 0 Å². The molecule has 0 aliphatic carbocycles. The maximum atomic E-state index is 12.0. The van der Waals surface area contributed by atoms with Gasteiger partial charge in [0.05, 0.1) is 13.0 Å². The second-order valence-corrected chi connectivity index (χ2v) is 5.96. The number of amides is 1. The summed E-state index contributed by atoms with van der Waals surface area (Å²) in [5.41, 5.74) is 5.71. The molecule has 0 spiro atoms. The van der Waals surface area contributed by atoms with Crippen LogP contribution in [0.1, 0.15) is 27.8 Å². The monoisotopic (exact) mass is 311 g/mol. The number of rotatable bonds is 6. The number of aryl methyl sites for hydroxylation is 3. The number of benzene rings is 2. The molecule has 23 heavy (non-hydrogen) atoms. The van der Waals surface area contributed by atoms with E-state index in [9.17, 15) is 4.79 Å². The third-order valence-corrected chi connectivity index (χ3v) is 4.16. The molecule has 1 N–H and O–H groups in total. The number of nitrogens with one attached hydrogen (secondary N) is 1. The molecule has 3 heteroatoms. The van der Waals surface area contributed by atoms with E-state index in [1.807, 2.05) is 38.1 Å². The van der Waals surface area contributed by atoms with Gasteiger partial charge in [0.15, 0.2) is 0 Å². The Labute approximate surface area is 138 Å². The van der Waals surface area contributed by atoms with Crippen molar-refractivity contribution in [1.29, 1.82) is 0 Å². The van der Waals surface area contributed by atoms with Gasteiger partial charge in [0.1, 0.15) is 12.4 Å². The summed E-state index contributed by atoms with van der Waals surface area (Å²) in [4.78, 5) is 12.0. The zero-order valence-electron chi connectivity index (χ0n) is 14.4. The Morgan fingerprint density at radius 2 is 1.65 bits per heavy atom. The van der Waals surface area contributed by atoms with Crippen molar-refractivity contribution < 1.29 is 9.53 Å². The van der Waals surface area contributed by atoms with Crippen molar-refractivity contribution in [2.75, 3.05) is 13.2 Å². The molecule has 0 atom stereocenters. The third-order valence-electron chi connectivity index (χ3n) is 4.16. The third kappa shape index (κ3) is 4.59. The highest BCUT2D eigenvalue weighted by Crippen LogP contribution is 2.25. The number of hydrogen-bond donors (Lipinski definition) is 1. The van der Waals surface area contributed by atoms with Crippen molar-refractivity contribution in [2.45, 2.75) is 34.1 Å². The first-order chi connectivity index (χ1) is 11.0. The van der Waals surface area contributed by atoms with Crippen molar-refractivity contribution in [3.8, 4) is 5.75 Å². The summed E-state index contributed by atoms with van der Waals surface area (Å²) < 4.78 is 5.86. The van der Waals surface area contributed by atoms with Crippen molar-refractivity contribution in [3.63, 3.8) is 0 Å². The van der Waals surface area contributed by atoms with Gasteiger partial charge >= 0.3 is 0 Å². The van der Waals surface area contributed by atoms with Crippen LogP contribution in [0.4, 0.5) is 0 Å². The average Bonchev–Trinajstić information content (AvgIpc) is 2.52. The largest absolute Gasteiger partial charge is 0.491 e. The van der Waals surface area contributed by atoms with Gasteiger partial charge in [-0.2, -0.15) is 0 Å². The zero-order valence-corrected chi connectivity index (χ0v) is 14.4. The van der Waals surface area contributed by atoms with Gasteiger partial charge in [0.2, 0.25) is 5.91 Å². The minimum Gasteiger partial charge on any atom is -0.491 e. The van der Waals surface area contributed by atoms with Crippen LogP contribution in [0.15, 0.2) is 36.4 Å². The van der Waals surface area contributed by atoms with Gasteiger partial charge in [-0.25, -0.2) is 0 Å². The summed E-state index contributed by atoms with van der Waals surface area (Å²) in [6, 6.07) is 12.1. The molecule has 0 radical (unpaired) electrons. The maximum absolute atomic E-state index is 12.0. The Bertz CT molecular complexity index is 692. The molecule has 2 aromatic carbocycles. The van der Waals surface area contributed by atoms with Gasteiger partial charge in [0.25, 0.3) is 0 Å². The van der Waals surface area contributed by atoms with Gasteiger partial charge in [-0.05, 0) is 55.5 Å². The number of ether oxygens (including phenoxy) is 1. The molecule has 1 amide bonds. The van der Waals surface area contributed by atoms with Crippen LogP contribution in [0.25, 0.3) is 0 Å². The molecule has 2 aromatic rings. The Kier molecular flexibility index (Phi) is 5.80. The van der Waals surface area contributed by atoms with Crippen LogP contribution < -0.4 is 10.1 Å². The summed E-state index contributed by atoms with van der Waals surface area (Å²) in [5.74, 6) is 0.957. The minimum atomic E-state index is 0.0283. The topological polar surface area (TPSA) is 38.3 Å². The van der Waals surface area contributed by atoms with E-state index in [0.717, 1.165) is 28.0 Å². The summed E-state index contributed by atoms with van der Waals surface area (Å²) >= 11 is 0. The molecule has 0 unspecified atom stereocenters. The van der Waals surface area contributed by atoms with E-state index in [1.165, 1.54) is 5.56 Å². The predicted molar refractivity (Wildman–Crippen MR) is 94.0 cm³/mol. The number of carbonyl (C=O) groups excluding carboxylic acids is 1. The van der Waals surface area contributed by atoms with E-state index in [-0.39, 0.29) is 5.91 Å². The van der Waals surface area contributed by atoms with Gasteiger partial charge in [-0.1, -0.05) is 36.4 Å². The molecule has 3 nitrogen and oxygen atoms in total. The van der Waals surface area contributed by atoms with Crippen LogP contribution in [0.3, 0.4) is 0 Å². The van der Waals surface area contributed by atoms with Crippen LogP contribution in [0.2, 0.25) is 0 Å². The van der Waals surface area contributed by atoms with Gasteiger partial charge in [-0.3, -0.25) is 4.79 Å². The Morgan fingerprint density at radius 3 is 2.39 bits per heavy atom. The molecule has 0 fully saturated rings. The molecule has 0 heterocycles. The first-order valence-corrected chi connectivity index (χ1v) is 8.00. The lowest BCUT2D eigenvalue weighted by Gasteiger charge is -2.14. The molecule has 0 aliphatic rings. The van der Waals surface area contributed by atoms with Crippen LogP contribution in [0, 0.1) is 27.7 Å². The van der Waals surface area contributed by atoms with Gasteiger partial charge in [-0.15, -0.1) is 0 Å². The lowest BCUT2D eigenvalue weighted by atomic mass is 10.1. The second kappa shape index (κ2) is 7.82. The molecule has 2 rings (SSSR count). The van der Waals surface area contributed by atoms with Crippen molar-refractivity contribution >= 4 is 5.91 Å². The molecule has 122 valence electrons. The lowest BCUT2D eigenvalue weighted by Crippen LogP contribution is -2.29. The van der Waals surface area contributed by atoms with Crippen LogP contribution in [-0.4, -0.2) is 19.1 Å². The molecule has 0 aromatic heterocycles. The van der Waals surface area contributed by atoms with Gasteiger partial charge < -0.3 is 10.1 Å². The lowest BCUT2D eigenvalue weighted by molar-refractivity contribution is -0.120. The molecular weight excluding hydrogens is 286 g/mol. The summed E-state index contributed by atoms with van der Waals surface area (Å²) in [5, 5.41) is 2.92. The van der Waals surface area contributed by atoms with Crippen LogP contribution in [-0.2, 0) is 11.2 Å². The van der Waals surface area contributed by atoms with Crippen molar-refractivity contribution in [3.05, 3.63) is 64.2 Å². The van der Waals surface area contributed by atoms with E-state index in [1.54, 1.807) is 0 Å². The zero-order chi connectivity index (χ0) is 16.8. The fraction of sp³-hybridized carbons (Fsp3) is 0.350. The van der Waals surface area contributed by atoms with Crippen LogP contribution >= 0.6 is 0 Å². The Balaban J connectivity index is 1.81. The van der Waals surface area contributed by atoms with E-state index >= 15 is 0 Å². The summed E-state index contributed by atoms with van der Waals surface area (Å²) in [6.07, 6.45) is 0.412. The maximum Gasteiger partial charge on any atom is 0.224 e. The van der Waals surface area contributed by atoms with Crippen LogP contribution in [0.5, 0.6) is 5.75 Å². The number of hydrogen-bond acceptors (Lipinski definition) is 2. The SMILES string of the molecule is Cc1ccccc1CC(=O)NCCOc1c(C)ccc(C)c1C. The Morgan fingerprint density at radius 1 is 0.957 bits per heavy atom. The molecule has 0 saturated carbocycles. The molecule has 0 saturated heterocycles. The standard InChI is InChI=1S/C20H25NO2/c1-14-9-10-16(3)20(17(14)4)23-12-11-21-19(22)13-18-8-6-5-7-15(18)2/h5-10H,11-13H2,1-4H3,(H,21,22). The van der Waals surface area contributed by atoms with E-state index in [2.05, 4.69) is 31.3 Å². The first kappa shape index (κ1) is 17.1. The smallest absolute Gasteiger partial charge is 0.224 e. The quantitative estimate of drug-likeness (QED) is 0.827. The van der Waals surface area contributed by atoms with E-state index in [4.69, 9.17) is 4.74 Å². The Hall–Kier alpha value is -2.29. The second-order valence-electron chi connectivity index (χ2n) is 5.96. The fourth-order valence-corrected chi connectivity index (χ4v) is 2.54. The van der Waals surface area contributed by atoms with Gasteiger partial charge in [0, 0.05) is 0 Å². The highest BCUT2D eigenvalue weighted by Gasteiger charge is 2.07. The summed E-state index contributed by atoms with van der Waals surface area (Å²) in [6.45, 7) is 9.19. The average molecular weight is 311 g/mol. The van der Waals surface area contributed by atoms with Crippen molar-refractivity contribution in [1.82, 2.24) is 5.32 Å². The molecular formula is C20H25NO2. The number of carbonyl (C=O) groups is 1. The minimum absolute atomic E-state index is 0.0283.